The molecule has 9 nitrogen and oxygen atoms in total. The van der Waals surface area contributed by atoms with Crippen LogP contribution in [0.3, 0.4) is 0 Å². The SMILES string of the molecule is CCCCCCCCCCCCCCCCS(=S)CCOP(=O)(CO[C@H](C)Cn1cnc2c(N)ncnc21)OCC. The molecule has 236 valence electrons. The van der Waals surface area contributed by atoms with Crippen LogP contribution in [-0.4, -0.2) is 56.7 Å². The summed E-state index contributed by atoms with van der Waals surface area (Å²) in [5.74, 6) is 2.07. The first-order valence-electron chi connectivity index (χ1n) is 15.6. The molecular formula is C29H54N5O4PS2. The zero-order valence-electron chi connectivity index (χ0n) is 25.6. The second kappa shape index (κ2) is 21.7. The molecule has 2 aromatic rings. The fraction of sp³-hybridized carbons (Fsp3) is 0.828. The average molecular weight is 632 g/mol. The van der Waals surface area contributed by atoms with Crippen LogP contribution in [0, 0.1) is 0 Å². The van der Waals surface area contributed by atoms with E-state index in [1.807, 2.05) is 11.5 Å². The molecule has 0 spiro atoms. The zero-order valence-corrected chi connectivity index (χ0v) is 28.2. The molecule has 3 atom stereocenters. The summed E-state index contributed by atoms with van der Waals surface area (Å²) < 4.78 is 32.1. The van der Waals surface area contributed by atoms with Crippen LogP contribution in [0.2, 0.25) is 0 Å². The molecule has 0 aliphatic rings. The van der Waals surface area contributed by atoms with Gasteiger partial charge in [0.2, 0.25) is 0 Å². The van der Waals surface area contributed by atoms with Crippen LogP contribution in [0.25, 0.3) is 11.2 Å². The molecule has 2 rings (SSSR count). The second-order valence-electron chi connectivity index (χ2n) is 10.7. The van der Waals surface area contributed by atoms with Crippen LogP contribution < -0.4 is 5.73 Å². The van der Waals surface area contributed by atoms with Gasteiger partial charge in [0.05, 0.1) is 32.2 Å². The topological polar surface area (TPSA) is 114 Å². The maximum Gasteiger partial charge on any atom is 0.356 e. The average Bonchev–Trinajstić information content (AvgIpc) is 3.36. The van der Waals surface area contributed by atoms with Gasteiger partial charge in [0.15, 0.2) is 11.5 Å². The van der Waals surface area contributed by atoms with E-state index in [0.29, 0.717) is 35.9 Å². The molecule has 0 saturated carbocycles. The molecule has 0 aromatic carbocycles. The smallest absolute Gasteiger partial charge is 0.356 e. The van der Waals surface area contributed by atoms with E-state index < -0.39 is 7.60 Å². The number of hydrogen-bond acceptors (Lipinski definition) is 9. The van der Waals surface area contributed by atoms with Gasteiger partial charge in [-0.3, -0.25) is 4.57 Å². The minimum atomic E-state index is -3.37. The van der Waals surface area contributed by atoms with E-state index in [9.17, 15) is 4.57 Å². The Balaban J connectivity index is 1.53. The number of fused-ring (bicyclic) bond motifs is 1. The van der Waals surface area contributed by atoms with Crippen molar-refractivity contribution in [2.45, 2.75) is 123 Å². The Morgan fingerprint density at radius 3 is 2.12 bits per heavy atom. The molecule has 2 N–H and O–H groups in total. The predicted octanol–water partition coefficient (Wildman–Crippen LogP) is 7.58. The Hall–Kier alpha value is -0.970. The predicted molar refractivity (Wildman–Crippen MR) is 175 cm³/mol. The molecule has 41 heavy (non-hydrogen) atoms. The fourth-order valence-electron chi connectivity index (χ4n) is 4.72. The third-order valence-electron chi connectivity index (χ3n) is 7.05. The summed E-state index contributed by atoms with van der Waals surface area (Å²) in [5, 5.41) is 0. The van der Waals surface area contributed by atoms with Crippen molar-refractivity contribution in [2.75, 3.05) is 36.8 Å². The van der Waals surface area contributed by atoms with Gasteiger partial charge < -0.3 is 24.1 Å². The molecule has 2 aromatic heterocycles. The van der Waals surface area contributed by atoms with Crippen LogP contribution in [0.15, 0.2) is 12.7 Å². The molecule has 12 heteroatoms. The number of anilines is 1. The van der Waals surface area contributed by atoms with Crippen molar-refractivity contribution in [1.29, 1.82) is 0 Å². The van der Waals surface area contributed by atoms with Crippen LogP contribution >= 0.6 is 7.60 Å². The lowest BCUT2D eigenvalue weighted by molar-refractivity contribution is 0.0673. The maximum atomic E-state index is 13.2. The highest BCUT2D eigenvalue weighted by Gasteiger charge is 2.26. The first kappa shape index (κ1) is 36.2. The fourth-order valence-corrected chi connectivity index (χ4v) is 7.82. The lowest BCUT2D eigenvalue weighted by Crippen LogP contribution is -2.18. The van der Waals surface area contributed by atoms with Gasteiger partial charge in [0.25, 0.3) is 0 Å². The molecule has 0 amide bonds. The summed E-state index contributed by atoms with van der Waals surface area (Å²) in [6, 6.07) is 0. The van der Waals surface area contributed by atoms with Gasteiger partial charge in [-0.15, -0.1) is 9.45 Å². The van der Waals surface area contributed by atoms with Crippen molar-refractivity contribution < 1.29 is 18.3 Å². The minimum absolute atomic E-state index is 0.115. The summed E-state index contributed by atoms with van der Waals surface area (Å²) in [6.45, 7) is 7.04. The first-order chi connectivity index (χ1) is 19.9. The van der Waals surface area contributed by atoms with Gasteiger partial charge in [-0.25, -0.2) is 15.0 Å². The standard InChI is InChI=1S/C29H54N5O4PS2/c1-4-6-7-8-9-10-11-12-13-14-15-16-17-18-20-41(40)21-19-38-39(35,37-5-2)25-36-26(3)22-34-24-33-27-28(30)31-23-32-29(27)34/h23-24,26H,4-22,25H2,1-3H3,(H2,30,31,32)/t26-,39?,41?/m1/s1. The molecule has 0 aliphatic heterocycles. The van der Waals surface area contributed by atoms with Crippen LogP contribution in [0.1, 0.15) is 111 Å². The molecule has 0 aliphatic carbocycles. The van der Waals surface area contributed by atoms with Gasteiger partial charge >= 0.3 is 7.60 Å². The highest BCUT2D eigenvalue weighted by Crippen LogP contribution is 2.48. The van der Waals surface area contributed by atoms with E-state index in [0.717, 1.165) is 12.2 Å². The van der Waals surface area contributed by atoms with Crippen LogP contribution in [0.4, 0.5) is 5.82 Å². The van der Waals surface area contributed by atoms with Crippen molar-refractivity contribution in [3.05, 3.63) is 12.7 Å². The van der Waals surface area contributed by atoms with Crippen molar-refractivity contribution in [3.8, 4) is 0 Å². The first-order valence-corrected chi connectivity index (χ1v) is 19.9. The third kappa shape index (κ3) is 15.4. The van der Waals surface area contributed by atoms with Gasteiger partial charge in [-0.1, -0.05) is 102 Å². The summed E-state index contributed by atoms with van der Waals surface area (Å²) in [5.41, 5.74) is 7.05. The van der Waals surface area contributed by atoms with E-state index in [1.165, 1.54) is 89.8 Å². The molecule has 2 unspecified atom stereocenters. The number of hydrogen-bond donors (Lipinski definition) is 1. The normalized spacial score (nSPS) is 14.8. The van der Waals surface area contributed by atoms with Crippen molar-refractivity contribution in [2.24, 2.45) is 0 Å². The highest BCUT2D eigenvalue weighted by atomic mass is 32.8. The Bertz CT molecular complexity index is 1040. The van der Waals surface area contributed by atoms with Gasteiger partial charge in [-0.2, -0.15) is 0 Å². The number of nitrogens with two attached hydrogens (primary N) is 1. The summed E-state index contributed by atoms with van der Waals surface area (Å²) in [7, 11) is -3.54. The summed E-state index contributed by atoms with van der Waals surface area (Å²) >= 11 is 5.66. The number of aromatic nitrogens is 4. The monoisotopic (exact) mass is 631 g/mol. The van der Waals surface area contributed by atoms with Crippen molar-refractivity contribution >= 4 is 45.2 Å². The largest absolute Gasteiger partial charge is 0.382 e. The number of imidazole rings is 1. The molecule has 0 saturated heterocycles. The Kier molecular flexibility index (Phi) is 19.2. The summed E-state index contributed by atoms with van der Waals surface area (Å²) in [6.07, 6.45) is 21.6. The molecule has 0 radical (unpaired) electrons. The van der Waals surface area contributed by atoms with E-state index in [4.69, 9.17) is 30.7 Å². The Morgan fingerprint density at radius 2 is 1.51 bits per heavy atom. The third-order valence-corrected chi connectivity index (χ3v) is 11.1. The van der Waals surface area contributed by atoms with E-state index in [-0.39, 0.29) is 28.5 Å². The van der Waals surface area contributed by atoms with E-state index in [2.05, 4.69) is 21.9 Å². The zero-order chi connectivity index (χ0) is 29.8. The van der Waals surface area contributed by atoms with Crippen LogP contribution in [0.5, 0.6) is 0 Å². The highest BCUT2D eigenvalue weighted by molar-refractivity contribution is 8.28. The molecule has 0 bridgehead atoms. The summed E-state index contributed by atoms with van der Waals surface area (Å²) in [4.78, 5) is 12.5. The number of unbranched alkanes of at least 4 members (excludes halogenated alkanes) is 13. The number of ether oxygens (including phenoxy) is 1. The Morgan fingerprint density at radius 1 is 0.902 bits per heavy atom. The van der Waals surface area contributed by atoms with E-state index >= 15 is 0 Å². The van der Waals surface area contributed by atoms with Crippen molar-refractivity contribution in [1.82, 2.24) is 19.5 Å². The van der Waals surface area contributed by atoms with Gasteiger partial charge in [0, 0.05) is 5.75 Å². The van der Waals surface area contributed by atoms with Gasteiger partial charge in [-0.05, 0) is 26.0 Å². The second-order valence-corrected chi connectivity index (χ2v) is 15.8. The van der Waals surface area contributed by atoms with Crippen LogP contribution in [-0.2, 0) is 45.5 Å². The molecule has 2 heterocycles. The number of nitrogen functional groups attached to an aromatic ring is 1. The number of nitrogens with zero attached hydrogens (tertiary/aromatic N) is 4. The Labute approximate surface area is 255 Å². The molecular weight excluding hydrogens is 577 g/mol. The van der Waals surface area contributed by atoms with E-state index in [1.54, 1.807) is 13.3 Å². The molecule has 0 fully saturated rings. The lowest BCUT2D eigenvalue weighted by Gasteiger charge is -2.21. The number of rotatable bonds is 26. The van der Waals surface area contributed by atoms with Crippen molar-refractivity contribution in [3.63, 3.8) is 0 Å². The maximum absolute atomic E-state index is 13.2. The lowest BCUT2D eigenvalue weighted by atomic mass is 10.0. The quantitative estimate of drug-likeness (QED) is 0.0829. The van der Waals surface area contributed by atoms with Gasteiger partial charge in [0.1, 0.15) is 18.2 Å². The minimum Gasteiger partial charge on any atom is -0.382 e.